The van der Waals surface area contributed by atoms with Gasteiger partial charge in [0.1, 0.15) is 11.6 Å². The van der Waals surface area contributed by atoms with E-state index in [0.717, 1.165) is 25.2 Å². The monoisotopic (exact) mass is 280 g/mol. The molecular weight excluding hydrogens is 255 g/mol. The van der Waals surface area contributed by atoms with Crippen molar-refractivity contribution in [1.82, 2.24) is 9.80 Å². The fourth-order valence-corrected chi connectivity index (χ4v) is 3.18. The molecule has 0 saturated carbocycles. The van der Waals surface area contributed by atoms with Crippen LogP contribution in [0.5, 0.6) is 5.75 Å². The Morgan fingerprint density at radius 1 is 1.45 bits per heavy atom. The van der Waals surface area contributed by atoms with Crippen molar-refractivity contribution in [2.45, 2.75) is 19.9 Å². The third kappa shape index (κ3) is 3.70. The molecule has 3 nitrogen and oxygen atoms in total. The van der Waals surface area contributed by atoms with E-state index in [1.54, 1.807) is 7.11 Å². The van der Waals surface area contributed by atoms with Crippen LogP contribution in [0.3, 0.4) is 0 Å². The second kappa shape index (κ2) is 6.10. The van der Waals surface area contributed by atoms with Crippen LogP contribution in [-0.4, -0.2) is 50.6 Å². The molecule has 1 fully saturated rings. The molecule has 1 atom stereocenters. The summed E-state index contributed by atoms with van der Waals surface area (Å²) in [6.45, 7) is 6.21. The maximum Gasteiger partial charge on any atom is 0.131 e. The molecule has 0 aliphatic carbocycles. The summed E-state index contributed by atoms with van der Waals surface area (Å²) in [6.07, 6.45) is 1.21. The topological polar surface area (TPSA) is 15.7 Å². The Kier molecular flexibility index (Phi) is 4.66. The highest BCUT2D eigenvalue weighted by Gasteiger charge is 2.32. The van der Waals surface area contributed by atoms with Crippen LogP contribution in [0.15, 0.2) is 18.2 Å². The third-order valence-electron chi connectivity index (χ3n) is 4.10. The molecule has 0 N–H and O–H groups in total. The van der Waals surface area contributed by atoms with Crippen molar-refractivity contribution in [3.8, 4) is 5.75 Å². The van der Waals surface area contributed by atoms with E-state index in [-0.39, 0.29) is 5.82 Å². The van der Waals surface area contributed by atoms with Gasteiger partial charge in [0.15, 0.2) is 0 Å². The van der Waals surface area contributed by atoms with Gasteiger partial charge in [0.25, 0.3) is 0 Å². The molecule has 0 radical (unpaired) electrons. The minimum absolute atomic E-state index is 0.190. The van der Waals surface area contributed by atoms with E-state index in [2.05, 4.69) is 30.8 Å². The third-order valence-corrected chi connectivity index (χ3v) is 4.10. The van der Waals surface area contributed by atoms with Crippen LogP contribution in [0.2, 0.25) is 0 Å². The highest BCUT2D eigenvalue weighted by Crippen LogP contribution is 2.30. The maximum atomic E-state index is 14.0. The first-order valence-corrected chi connectivity index (χ1v) is 7.11. The summed E-state index contributed by atoms with van der Waals surface area (Å²) in [7, 11) is 5.78. The molecule has 1 heterocycles. The molecule has 1 aliphatic rings. The number of likely N-dealkylation sites (tertiary alicyclic amines) is 1. The summed E-state index contributed by atoms with van der Waals surface area (Å²) in [5.41, 5.74) is 1.04. The minimum Gasteiger partial charge on any atom is -0.497 e. The molecule has 1 aliphatic heterocycles. The first-order chi connectivity index (χ1) is 9.42. The summed E-state index contributed by atoms with van der Waals surface area (Å²) in [5, 5.41) is 0. The van der Waals surface area contributed by atoms with Crippen molar-refractivity contribution >= 4 is 0 Å². The lowest BCUT2D eigenvalue weighted by Crippen LogP contribution is -2.35. The lowest BCUT2D eigenvalue weighted by Gasteiger charge is -2.30. The van der Waals surface area contributed by atoms with Crippen LogP contribution in [0.4, 0.5) is 4.39 Å². The fourth-order valence-electron chi connectivity index (χ4n) is 3.18. The van der Waals surface area contributed by atoms with Crippen LogP contribution in [0.1, 0.15) is 18.9 Å². The first-order valence-electron chi connectivity index (χ1n) is 7.11. The Bertz CT molecular complexity index is 466. The van der Waals surface area contributed by atoms with E-state index in [4.69, 9.17) is 4.74 Å². The zero-order valence-electron chi connectivity index (χ0n) is 12.9. The zero-order valence-corrected chi connectivity index (χ0v) is 12.9. The molecule has 2 rings (SSSR count). The van der Waals surface area contributed by atoms with Crippen LogP contribution in [-0.2, 0) is 6.54 Å². The summed E-state index contributed by atoms with van der Waals surface area (Å²) in [4.78, 5) is 4.58. The summed E-state index contributed by atoms with van der Waals surface area (Å²) in [6, 6.07) is 5.08. The molecule has 0 bridgehead atoms. The van der Waals surface area contributed by atoms with Gasteiger partial charge in [0, 0.05) is 31.3 Å². The van der Waals surface area contributed by atoms with E-state index in [0.29, 0.717) is 17.7 Å². The van der Waals surface area contributed by atoms with Gasteiger partial charge >= 0.3 is 0 Å². The first kappa shape index (κ1) is 15.3. The molecule has 0 amide bonds. The molecule has 4 heteroatoms. The van der Waals surface area contributed by atoms with E-state index in [9.17, 15) is 4.39 Å². The van der Waals surface area contributed by atoms with Crippen LogP contribution < -0.4 is 4.74 Å². The Hall–Kier alpha value is -1.13. The minimum atomic E-state index is -0.190. The van der Waals surface area contributed by atoms with E-state index in [1.165, 1.54) is 12.5 Å². The quantitative estimate of drug-likeness (QED) is 0.824. The van der Waals surface area contributed by atoms with E-state index < -0.39 is 0 Å². The Labute approximate surface area is 121 Å². The number of hydrogen-bond donors (Lipinski definition) is 0. The number of rotatable bonds is 5. The summed E-state index contributed by atoms with van der Waals surface area (Å²) in [5.74, 6) is 0.378. The SMILES string of the molecule is COc1ccc(CN(C)C[C@]2(C)CCN(C)C2)c(F)c1. The zero-order chi connectivity index (χ0) is 14.8. The van der Waals surface area contributed by atoms with Crippen molar-refractivity contribution in [1.29, 1.82) is 0 Å². The average Bonchev–Trinajstić information content (AvgIpc) is 2.71. The molecule has 20 heavy (non-hydrogen) atoms. The molecule has 1 aromatic carbocycles. The van der Waals surface area contributed by atoms with Crippen molar-refractivity contribution in [2.75, 3.05) is 40.8 Å². The highest BCUT2D eigenvalue weighted by atomic mass is 19.1. The molecule has 0 spiro atoms. The van der Waals surface area contributed by atoms with Crippen LogP contribution >= 0.6 is 0 Å². The molecule has 0 unspecified atom stereocenters. The normalized spacial score (nSPS) is 23.5. The Morgan fingerprint density at radius 2 is 2.20 bits per heavy atom. The van der Waals surface area contributed by atoms with E-state index in [1.807, 2.05) is 12.1 Å². The molecule has 1 aromatic rings. The van der Waals surface area contributed by atoms with Crippen molar-refractivity contribution < 1.29 is 9.13 Å². The second-order valence-electron chi connectivity index (χ2n) is 6.43. The lowest BCUT2D eigenvalue weighted by molar-refractivity contribution is 0.188. The van der Waals surface area contributed by atoms with Gasteiger partial charge in [-0.05, 0) is 38.5 Å². The standard InChI is InChI=1S/C16H25FN2O/c1-16(7-8-18(2)11-16)12-19(3)10-13-5-6-14(20-4)9-15(13)17/h5-6,9H,7-8,10-12H2,1-4H3/t16-/m1/s1. The predicted molar refractivity (Wildman–Crippen MR) is 79.5 cm³/mol. The lowest BCUT2D eigenvalue weighted by atomic mass is 9.89. The summed E-state index contributed by atoms with van der Waals surface area (Å²) < 4.78 is 19.0. The maximum absolute atomic E-state index is 14.0. The van der Waals surface area contributed by atoms with Gasteiger partial charge in [0.2, 0.25) is 0 Å². The van der Waals surface area contributed by atoms with Gasteiger partial charge in [-0.2, -0.15) is 0 Å². The molecule has 0 aromatic heterocycles. The smallest absolute Gasteiger partial charge is 0.131 e. The van der Waals surface area contributed by atoms with Crippen molar-refractivity contribution in [3.05, 3.63) is 29.6 Å². The molecule has 1 saturated heterocycles. The van der Waals surface area contributed by atoms with Crippen LogP contribution in [0, 0.1) is 11.2 Å². The highest BCUT2D eigenvalue weighted by molar-refractivity contribution is 5.28. The Morgan fingerprint density at radius 3 is 2.75 bits per heavy atom. The van der Waals surface area contributed by atoms with Gasteiger partial charge < -0.3 is 14.5 Å². The Balaban J connectivity index is 1.96. The van der Waals surface area contributed by atoms with Crippen LogP contribution in [0.25, 0.3) is 0 Å². The average molecular weight is 280 g/mol. The fraction of sp³-hybridized carbons (Fsp3) is 0.625. The van der Waals surface area contributed by atoms with Crippen molar-refractivity contribution in [2.24, 2.45) is 5.41 Å². The van der Waals surface area contributed by atoms with E-state index >= 15 is 0 Å². The largest absolute Gasteiger partial charge is 0.497 e. The second-order valence-corrected chi connectivity index (χ2v) is 6.43. The number of ether oxygens (including phenoxy) is 1. The van der Waals surface area contributed by atoms with Gasteiger partial charge in [-0.3, -0.25) is 0 Å². The van der Waals surface area contributed by atoms with Gasteiger partial charge in [-0.25, -0.2) is 4.39 Å². The number of benzene rings is 1. The number of methoxy groups -OCH3 is 1. The summed E-state index contributed by atoms with van der Waals surface area (Å²) >= 11 is 0. The predicted octanol–water partition coefficient (Wildman–Crippen LogP) is 2.61. The van der Waals surface area contributed by atoms with Gasteiger partial charge in [0.05, 0.1) is 7.11 Å². The van der Waals surface area contributed by atoms with Gasteiger partial charge in [-0.15, -0.1) is 0 Å². The van der Waals surface area contributed by atoms with Crippen molar-refractivity contribution in [3.63, 3.8) is 0 Å². The molecular formula is C16H25FN2O. The number of nitrogens with zero attached hydrogens (tertiary/aromatic N) is 2. The molecule has 112 valence electrons. The number of halogens is 1. The number of hydrogen-bond acceptors (Lipinski definition) is 3. The van der Waals surface area contributed by atoms with Gasteiger partial charge in [-0.1, -0.05) is 13.0 Å².